The van der Waals surface area contributed by atoms with Gasteiger partial charge in [-0.25, -0.2) is 13.2 Å². The zero-order valence-corrected chi connectivity index (χ0v) is 20.3. The van der Waals surface area contributed by atoms with Crippen molar-refractivity contribution in [1.82, 2.24) is 15.5 Å². The highest BCUT2D eigenvalue weighted by Gasteiger charge is 2.29. The summed E-state index contributed by atoms with van der Waals surface area (Å²) in [5.74, 6) is 0.226. The number of alkyl carbamates (subject to hydrolysis) is 1. The molecule has 0 aliphatic heterocycles. The van der Waals surface area contributed by atoms with Crippen molar-refractivity contribution in [1.29, 1.82) is 0 Å². The molecule has 0 bridgehead atoms. The molecule has 10 heteroatoms. The summed E-state index contributed by atoms with van der Waals surface area (Å²) in [7, 11) is -3.44. The number of carbonyl (C=O) groups excluding carboxylic acids is 2. The van der Waals surface area contributed by atoms with Gasteiger partial charge >= 0.3 is 6.09 Å². The molecule has 1 heterocycles. The minimum Gasteiger partial charge on any atom is -0.447 e. The van der Waals surface area contributed by atoms with E-state index in [-0.39, 0.29) is 35.3 Å². The Morgan fingerprint density at radius 3 is 2.73 bits per heavy atom. The topological polar surface area (TPSA) is 130 Å². The first-order valence-electron chi connectivity index (χ1n) is 11.2. The van der Waals surface area contributed by atoms with Crippen LogP contribution in [0.25, 0.3) is 0 Å². The highest BCUT2D eigenvalue weighted by molar-refractivity contribution is 7.90. The van der Waals surface area contributed by atoms with E-state index in [1.807, 2.05) is 20.8 Å². The second kappa shape index (κ2) is 10.4. The molecular weight excluding hydrogens is 444 g/mol. The summed E-state index contributed by atoms with van der Waals surface area (Å²) in [6.07, 6.45) is 3.79. The lowest BCUT2D eigenvalue weighted by Crippen LogP contribution is -2.35. The summed E-state index contributed by atoms with van der Waals surface area (Å²) in [4.78, 5) is 24.7. The lowest BCUT2D eigenvalue weighted by molar-refractivity contribution is -0.115. The fourth-order valence-electron chi connectivity index (χ4n) is 4.04. The average Bonchev–Trinajstić information content (AvgIpc) is 3.36. The van der Waals surface area contributed by atoms with Gasteiger partial charge in [-0.15, -0.1) is 0 Å². The van der Waals surface area contributed by atoms with Gasteiger partial charge in [0, 0.05) is 30.0 Å². The van der Waals surface area contributed by atoms with Gasteiger partial charge in [0.1, 0.15) is 6.10 Å². The number of ether oxygens (including phenoxy) is 1. The molecule has 180 valence electrons. The predicted octanol–water partition coefficient (Wildman–Crippen LogP) is 3.46. The highest BCUT2D eigenvalue weighted by Crippen LogP contribution is 2.34. The SMILES string of the molecule is CCC(C)OC(=O)NC1CCC(c2cc(NC(=O)Cc3cc(C)ccc3S(C)(=O)=O)n[nH]2)C1. The summed E-state index contributed by atoms with van der Waals surface area (Å²) in [6, 6.07) is 6.78. The minimum absolute atomic E-state index is 0.0311. The Labute approximate surface area is 194 Å². The van der Waals surface area contributed by atoms with Crippen molar-refractivity contribution >= 4 is 27.7 Å². The zero-order chi connectivity index (χ0) is 24.2. The van der Waals surface area contributed by atoms with Crippen LogP contribution in [0.15, 0.2) is 29.2 Å². The summed E-state index contributed by atoms with van der Waals surface area (Å²) >= 11 is 0. The molecular formula is C23H32N4O5S. The maximum atomic E-state index is 12.6. The molecule has 3 N–H and O–H groups in total. The van der Waals surface area contributed by atoms with E-state index in [1.165, 1.54) is 6.07 Å². The average molecular weight is 477 g/mol. The molecule has 0 spiro atoms. The van der Waals surface area contributed by atoms with Crippen molar-refractivity contribution < 1.29 is 22.7 Å². The number of hydrogen-bond donors (Lipinski definition) is 3. The van der Waals surface area contributed by atoms with Crippen LogP contribution < -0.4 is 10.6 Å². The fraction of sp³-hybridized carbons (Fsp3) is 0.522. The number of nitrogens with one attached hydrogen (secondary N) is 3. The van der Waals surface area contributed by atoms with E-state index in [2.05, 4.69) is 20.8 Å². The van der Waals surface area contributed by atoms with Crippen LogP contribution in [0.1, 0.15) is 62.3 Å². The van der Waals surface area contributed by atoms with Gasteiger partial charge in [-0.05, 0) is 51.2 Å². The van der Waals surface area contributed by atoms with Crippen LogP contribution in [-0.4, -0.2) is 49.0 Å². The third-order valence-corrected chi connectivity index (χ3v) is 7.11. The van der Waals surface area contributed by atoms with Crippen molar-refractivity contribution in [2.75, 3.05) is 11.6 Å². The van der Waals surface area contributed by atoms with E-state index in [1.54, 1.807) is 18.2 Å². The van der Waals surface area contributed by atoms with Crippen LogP contribution in [-0.2, 0) is 25.8 Å². The summed E-state index contributed by atoms with van der Waals surface area (Å²) in [5.41, 5.74) is 2.22. The van der Waals surface area contributed by atoms with E-state index in [0.717, 1.165) is 43.2 Å². The molecule has 1 aromatic carbocycles. The second-order valence-electron chi connectivity index (χ2n) is 8.79. The van der Waals surface area contributed by atoms with Gasteiger partial charge in [-0.1, -0.05) is 24.6 Å². The molecule has 33 heavy (non-hydrogen) atoms. The fourth-order valence-corrected chi connectivity index (χ4v) is 4.96. The largest absolute Gasteiger partial charge is 0.447 e. The Balaban J connectivity index is 1.57. The number of benzene rings is 1. The third-order valence-electron chi connectivity index (χ3n) is 5.91. The van der Waals surface area contributed by atoms with Gasteiger partial charge in [0.05, 0.1) is 11.3 Å². The van der Waals surface area contributed by atoms with E-state index >= 15 is 0 Å². The number of aryl methyl sites for hydroxylation is 1. The van der Waals surface area contributed by atoms with Crippen molar-refractivity contribution in [2.24, 2.45) is 0 Å². The van der Waals surface area contributed by atoms with Crippen LogP contribution >= 0.6 is 0 Å². The Kier molecular flexibility index (Phi) is 7.78. The molecule has 3 atom stereocenters. The molecule has 3 unspecified atom stereocenters. The van der Waals surface area contributed by atoms with Crippen LogP contribution in [0.2, 0.25) is 0 Å². The maximum Gasteiger partial charge on any atom is 0.407 e. The molecule has 1 saturated carbocycles. The molecule has 9 nitrogen and oxygen atoms in total. The number of aromatic amines is 1. The lowest BCUT2D eigenvalue weighted by atomic mass is 10.0. The van der Waals surface area contributed by atoms with Crippen LogP contribution in [0, 0.1) is 6.92 Å². The predicted molar refractivity (Wildman–Crippen MR) is 125 cm³/mol. The van der Waals surface area contributed by atoms with E-state index in [9.17, 15) is 18.0 Å². The van der Waals surface area contributed by atoms with Gasteiger partial charge in [0.25, 0.3) is 0 Å². The number of nitrogens with zero attached hydrogens (tertiary/aromatic N) is 1. The number of carbonyl (C=O) groups is 2. The van der Waals surface area contributed by atoms with Gasteiger partial charge < -0.3 is 15.4 Å². The van der Waals surface area contributed by atoms with Gasteiger partial charge in [0.15, 0.2) is 15.7 Å². The summed E-state index contributed by atoms with van der Waals surface area (Å²) < 4.78 is 29.3. The molecule has 0 radical (unpaired) electrons. The van der Waals surface area contributed by atoms with Crippen molar-refractivity contribution in [3.05, 3.63) is 41.1 Å². The lowest BCUT2D eigenvalue weighted by Gasteiger charge is -2.16. The Morgan fingerprint density at radius 1 is 1.27 bits per heavy atom. The monoisotopic (exact) mass is 476 g/mol. The number of aromatic nitrogens is 2. The van der Waals surface area contributed by atoms with Crippen molar-refractivity contribution in [3.63, 3.8) is 0 Å². The quantitative estimate of drug-likeness (QED) is 0.535. The number of hydrogen-bond acceptors (Lipinski definition) is 6. The number of sulfone groups is 1. The molecule has 3 rings (SSSR count). The van der Waals surface area contributed by atoms with E-state index in [0.29, 0.717) is 11.4 Å². The summed E-state index contributed by atoms with van der Waals surface area (Å²) in [6.45, 7) is 5.67. The first kappa shape index (κ1) is 24.8. The number of rotatable bonds is 8. The molecule has 1 fully saturated rings. The van der Waals surface area contributed by atoms with E-state index < -0.39 is 15.9 Å². The minimum atomic E-state index is -3.44. The molecule has 2 amide bonds. The van der Waals surface area contributed by atoms with Crippen LogP contribution in [0.5, 0.6) is 0 Å². The van der Waals surface area contributed by atoms with Crippen LogP contribution in [0.3, 0.4) is 0 Å². The Hall–Kier alpha value is -2.88. The zero-order valence-electron chi connectivity index (χ0n) is 19.5. The molecule has 1 aliphatic carbocycles. The van der Waals surface area contributed by atoms with Gasteiger partial charge in [-0.2, -0.15) is 5.10 Å². The molecule has 2 aromatic rings. The molecule has 1 aliphatic rings. The van der Waals surface area contributed by atoms with Crippen molar-refractivity contribution in [2.45, 2.75) is 75.8 Å². The highest BCUT2D eigenvalue weighted by atomic mass is 32.2. The standard InChI is InChI=1S/C23H32N4O5S/c1-5-15(3)32-23(29)24-18-8-7-16(11-18)19-13-21(27-26-19)25-22(28)12-17-10-14(2)6-9-20(17)33(4,30)31/h6,9-10,13,15-16,18H,5,7-8,11-12H2,1-4H3,(H,24,29)(H2,25,26,27,28). The maximum absolute atomic E-state index is 12.6. The number of H-pyrrole nitrogens is 1. The second-order valence-corrected chi connectivity index (χ2v) is 10.8. The smallest absolute Gasteiger partial charge is 0.407 e. The summed E-state index contributed by atoms with van der Waals surface area (Å²) in [5, 5.41) is 12.8. The van der Waals surface area contributed by atoms with Crippen molar-refractivity contribution in [3.8, 4) is 0 Å². The van der Waals surface area contributed by atoms with Gasteiger partial charge in [0.2, 0.25) is 5.91 Å². The van der Waals surface area contributed by atoms with Gasteiger partial charge in [-0.3, -0.25) is 9.89 Å². The van der Waals surface area contributed by atoms with E-state index in [4.69, 9.17) is 4.74 Å². The first-order valence-corrected chi connectivity index (χ1v) is 13.1. The normalized spacial score (nSPS) is 19.2. The Morgan fingerprint density at radius 2 is 2.03 bits per heavy atom. The first-order chi connectivity index (χ1) is 15.5. The number of anilines is 1. The molecule has 1 aromatic heterocycles. The Bertz CT molecular complexity index is 1110. The molecule has 0 saturated heterocycles. The number of amides is 2. The third kappa shape index (κ3) is 6.80. The van der Waals surface area contributed by atoms with Crippen LogP contribution in [0.4, 0.5) is 10.6 Å².